The average molecular weight is 279 g/mol. The van der Waals surface area contributed by atoms with E-state index < -0.39 is 11.5 Å². The van der Waals surface area contributed by atoms with Crippen LogP contribution in [0, 0.1) is 0 Å². The minimum atomic E-state index is -1.11. The van der Waals surface area contributed by atoms with Crippen molar-refractivity contribution in [3.05, 3.63) is 24.0 Å². The summed E-state index contributed by atoms with van der Waals surface area (Å²) in [5.41, 5.74) is -0.0400. The van der Waals surface area contributed by atoms with Crippen LogP contribution in [0.2, 0.25) is 0 Å². The van der Waals surface area contributed by atoms with E-state index in [0.717, 1.165) is 6.42 Å². The predicted octanol–water partition coefficient (Wildman–Crippen LogP) is 1.47. The number of nitrogens with one attached hydrogen (secondary N) is 2. The van der Waals surface area contributed by atoms with E-state index in [9.17, 15) is 9.59 Å². The second-order valence-corrected chi connectivity index (χ2v) is 5.00. The molecule has 1 aliphatic rings. The Bertz CT molecular complexity index is 517. The maximum Gasteiger partial charge on any atom is 0.354 e. The van der Waals surface area contributed by atoms with Gasteiger partial charge in [-0.1, -0.05) is 0 Å². The molecule has 2 amide bonds. The van der Waals surface area contributed by atoms with Gasteiger partial charge in [0, 0.05) is 6.61 Å². The van der Waals surface area contributed by atoms with Crippen molar-refractivity contribution in [2.45, 2.75) is 31.9 Å². The minimum Gasteiger partial charge on any atom is -0.477 e. The molecule has 1 aromatic heterocycles. The molecule has 0 aromatic carbocycles. The van der Waals surface area contributed by atoms with Gasteiger partial charge in [0.15, 0.2) is 0 Å². The molecule has 1 aromatic rings. The number of aromatic nitrogens is 1. The molecular weight excluding hydrogens is 262 g/mol. The van der Waals surface area contributed by atoms with Crippen LogP contribution in [0.5, 0.6) is 0 Å². The van der Waals surface area contributed by atoms with E-state index >= 15 is 0 Å². The molecule has 0 aliphatic carbocycles. The zero-order valence-electron chi connectivity index (χ0n) is 11.3. The van der Waals surface area contributed by atoms with Crippen LogP contribution >= 0.6 is 0 Å². The number of rotatable bonds is 3. The first kappa shape index (κ1) is 14.3. The molecule has 2 atom stereocenters. The summed E-state index contributed by atoms with van der Waals surface area (Å²) in [5, 5.41) is 14.2. The van der Waals surface area contributed by atoms with E-state index in [0.29, 0.717) is 12.3 Å². The highest BCUT2D eigenvalue weighted by atomic mass is 16.5. The second-order valence-electron chi connectivity index (χ2n) is 5.00. The number of anilines is 1. The number of carboxylic acid groups (broad SMARTS) is 1. The maximum atomic E-state index is 11.9. The van der Waals surface area contributed by atoms with Gasteiger partial charge in [-0.3, -0.25) is 0 Å². The third kappa shape index (κ3) is 3.05. The quantitative estimate of drug-likeness (QED) is 0.777. The zero-order valence-corrected chi connectivity index (χ0v) is 11.3. The molecule has 2 unspecified atom stereocenters. The molecule has 0 bridgehead atoms. The first-order valence-electron chi connectivity index (χ1n) is 6.31. The summed E-state index contributed by atoms with van der Waals surface area (Å²) < 4.78 is 5.44. The van der Waals surface area contributed by atoms with E-state index in [2.05, 4.69) is 15.6 Å². The lowest BCUT2D eigenvalue weighted by atomic mass is 9.95. The highest BCUT2D eigenvalue weighted by Crippen LogP contribution is 2.25. The molecule has 20 heavy (non-hydrogen) atoms. The molecule has 0 saturated carbocycles. The smallest absolute Gasteiger partial charge is 0.354 e. The number of carbonyl (C=O) groups is 2. The molecule has 1 fully saturated rings. The Morgan fingerprint density at radius 2 is 2.25 bits per heavy atom. The van der Waals surface area contributed by atoms with E-state index in [1.807, 2.05) is 13.8 Å². The van der Waals surface area contributed by atoms with Crippen molar-refractivity contribution in [2.24, 2.45) is 0 Å². The molecule has 0 spiro atoms. The first-order chi connectivity index (χ1) is 9.40. The summed E-state index contributed by atoms with van der Waals surface area (Å²) in [5.74, 6) is -1.11. The third-order valence-electron chi connectivity index (χ3n) is 3.53. The average Bonchev–Trinajstić information content (AvgIpc) is 2.69. The molecule has 0 radical (unpaired) electrons. The van der Waals surface area contributed by atoms with Crippen molar-refractivity contribution < 1.29 is 19.4 Å². The molecule has 1 saturated heterocycles. The molecule has 3 N–H and O–H groups in total. The molecule has 2 rings (SSSR count). The van der Waals surface area contributed by atoms with Crippen molar-refractivity contribution in [2.75, 3.05) is 11.9 Å². The number of carbonyl (C=O) groups excluding carboxylic acids is 1. The van der Waals surface area contributed by atoms with Crippen LogP contribution in [0.4, 0.5) is 10.5 Å². The van der Waals surface area contributed by atoms with E-state index in [1.165, 1.54) is 18.3 Å². The minimum absolute atomic E-state index is 0.0549. The lowest BCUT2D eigenvalue weighted by Crippen LogP contribution is -2.52. The SMILES string of the molecule is CC1OCCC1(C)NC(=O)Nc1ccc(C(=O)O)nc1. The highest BCUT2D eigenvalue weighted by Gasteiger charge is 2.38. The number of urea groups is 1. The van der Waals surface area contributed by atoms with Gasteiger partial charge < -0.3 is 20.5 Å². The van der Waals surface area contributed by atoms with Crippen LogP contribution in [-0.2, 0) is 4.74 Å². The Labute approximate surface area is 116 Å². The normalized spacial score (nSPS) is 25.2. The number of amides is 2. The number of ether oxygens (including phenoxy) is 1. The Morgan fingerprint density at radius 3 is 2.75 bits per heavy atom. The molecule has 7 nitrogen and oxygen atoms in total. The van der Waals surface area contributed by atoms with Crippen LogP contribution in [0.15, 0.2) is 18.3 Å². The monoisotopic (exact) mass is 279 g/mol. The van der Waals surface area contributed by atoms with Gasteiger partial charge in [0.2, 0.25) is 0 Å². The van der Waals surface area contributed by atoms with Crippen LogP contribution in [0.1, 0.15) is 30.8 Å². The molecule has 1 aliphatic heterocycles. The Balaban J connectivity index is 1.96. The summed E-state index contributed by atoms with van der Waals surface area (Å²) in [7, 11) is 0. The van der Waals surface area contributed by atoms with Gasteiger partial charge in [0.05, 0.1) is 23.5 Å². The fourth-order valence-corrected chi connectivity index (χ4v) is 2.02. The Hall–Kier alpha value is -2.15. The van der Waals surface area contributed by atoms with Crippen molar-refractivity contribution in [1.29, 1.82) is 0 Å². The summed E-state index contributed by atoms with van der Waals surface area (Å²) in [6, 6.07) is 2.46. The maximum absolute atomic E-state index is 11.9. The third-order valence-corrected chi connectivity index (χ3v) is 3.53. The topological polar surface area (TPSA) is 101 Å². The lowest BCUT2D eigenvalue weighted by Gasteiger charge is -2.28. The van der Waals surface area contributed by atoms with Crippen LogP contribution in [0.25, 0.3) is 0 Å². The number of hydrogen-bond donors (Lipinski definition) is 3. The summed E-state index contributed by atoms with van der Waals surface area (Å²) in [6.07, 6.45) is 2.00. The first-order valence-corrected chi connectivity index (χ1v) is 6.31. The van der Waals surface area contributed by atoms with Gasteiger partial charge in [-0.05, 0) is 32.4 Å². The number of nitrogens with zero attached hydrogens (tertiary/aromatic N) is 1. The van der Waals surface area contributed by atoms with Gasteiger partial charge in [-0.2, -0.15) is 0 Å². The largest absolute Gasteiger partial charge is 0.477 e. The van der Waals surface area contributed by atoms with E-state index in [4.69, 9.17) is 9.84 Å². The lowest BCUT2D eigenvalue weighted by molar-refractivity contribution is 0.0690. The van der Waals surface area contributed by atoms with Crippen LogP contribution in [0.3, 0.4) is 0 Å². The van der Waals surface area contributed by atoms with Gasteiger partial charge in [0.25, 0.3) is 0 Å². The van der Waals surface area contributed by atoms with Gasteiger partial charge >= 0.3 is 12.0 Å². The molecule has 2 heterocycles. The van der Waals surface area contributed by atoms with Crippen LogP contribution in [-0.4, -0.2) is 40.3 Å². The Kier molecular flexibility index (Phi) is 3.89. The number of carboxylic acids is 1. The van der Waals surface area contributed by atoms with Crippen molar-refractivity contribution in [3.63, 3.8) is 0 Å². The van der Waals surface area contributed by atoms with Crippen LogP contribution < -0.4 is 10.6 Å². The van der Waals surface area contributed by atoms with Gasteiger partial charge in [-0.15, -0.1) is 0 Å². The highest BCUT2D eigenvalue weighted by molar-refractivity contribution is 5.90. The van der Waals surface area contributed by atoms with Crippen molar-refractivity contribution >= 4 is 17.7 Å². The second kappa shape index (κ2) is 5.46. The Morgan fingerprint density at radius 1 is 1.50 bits per heavy atom. The fraction of sp³-hybridized carbons (Fsp3) is 0.462. The zero-order chi connectivity index (χ0) is 14.8. The van der Waals surface area contributed by atoms with Gasteiger partial charge in [0.1, 0.15) is 5.69 Å². The van der Waals surface area contributed by atoms with E-state index in [1.54, 1.807) is 0 Å². The standard InChI is InChI=1S/C13H17N3O4/c1-8-13(2,5-6-20-8)16-12(19)15-9-3-4-10(11(17)18)14-7-9/h3-4,7-8H,5-6H2,1-2H3,(H,17,18)(H2,15,16,19). The molecular formula is C13H17N3O4. The summed E-state index contributed by atoms with van der Waals surface area (Å²) >= 11 is 0. The summed E-state index contributed by atoms with van der Waals surface area (Å²) in [4.78, 5) is 26.3. The fourth-order valence-electron chi connectivity index (χ4n) is 2.02. The number of pyridine rings is 1. The summed E-state index contributed by atoms with van der Waals surface area (Å²) in [6.45, 7) is 4.46. The number of hydrogen-bond acceptors (Lipinski definition) is 4. The van der Waals surface area contributed by atoms with Gasteiger partial charge in [-0.25, -0.2) is 14.6 Å². The molecule has 7 heteroatoms. The molecule has 108 valence electrons. The van der Waals surface area contributed by atoms with Crippen molar-refractivity contribution in [1.82, 2.24) is 10.3 Å². The predicted molar refractivity (Wildman–Crippen MR) is 71.8 cm³/mol. The van der Waals surface area contributed by atoms with Crippen molar-refractivity contribution in [3.8, 4) is 0 Å². The number of aromatic carboxylic acids is 1. The van der Waals surface area contributed by atoms with E-state index in [-0.39, 0.29) is 17.8 Å².